The maximum Gasteiger partial charge on any atom is 0.165 e. The maximum atomic E-state index is 8.82. The van der Waals surface area contributed by atoms with Crippen LogP contribution in [0.4, 0.5) is 5.82 Å². The molecule has 2 aromatic rings. The van der Waals surface area contributed by atoms with Crippen molar-refractivity contribution in [1.82, 2.24) is 20.0 Å². The lowest BCUT2D eigenvalue weighted by Gasteiger charge is -2.01. The van der Waals surface area contributed by atoms with Gasteiger partial charge >= 0.3 is 0 Å². The highest BCUT2D eigenvalue weighted by atomic mass is 15.4. The number of anilines is 1. The summed E-state index contributed by atoms with van der Waals surface area (Å²) in [6.07, 6.45) is 3.19. The Hall–Kier alpha value is -2.42. The van der Waals surface area contributed by atoms with Gasteiger partial charge in [0.25, 0.3) is 0 Å². The number of nitrogen functional groups attached to an aromatic ring is 1. The number of aromatic nitrogens is 4. The number of hydrogen-bond acceptors (Lipinski definition) is 5. The molecule has 0 unspecified atom stereocenters. The molecule has 0 aliphatic rings. The lowest BCUT2D eigenvalue weighted by Crippen LogP contribution is -2.03. The molecule has 0 aliphatic carbocycles. The van der Waals surface area contributed by atoms with Crippen molar-refractivity contribution in [2.24, 2.45) is 0 Å². The molecule has 0 fully saturated rings. The molecule has 0 aliphatic heterocycles. The van der Waals surface area contributed by atoms with Gasteiger partial charge in [-0.05, 0) is 6.07 Å². The van der Waals surface area contributed by atoms with Crippen molar-refractivity contribution in [3.63, 3.8) is 0 Å². The molecule has 15 heavy (non-hydrogen) atoms. The first-order valence-electron chi connectivity index (χ1n) is 4.29. The third-order valence-electron chi connectivity index (χ3n) is 1.89. The molecule has 0 spiro atoms. The van der Waals surface area contributed by atoms with Gasteiger partial charge in [0.1, 0.15) is 11.8 Å². The Bertz CT molecular complexity index is 509. The zero-order valence-electron chi connectivity index (χ0n) is 7.83. The summed E-state index contributed by atoms with van der Waals surface area (Å²) in [6, 6.07) is 5.62. The SMILES string of the molecule is N#Cc1ncccc1Cn1cc(N)nn1. The van der Waals surface area contributed by atoms with Crippen LogP contribution in [0.5, 0.6) is 0 Å². The molecule has 0 saturated heterocycles. The summed E-state index contributed by atoms with van der Waals surface area (Å²) in [5, 5.41) is 16.3. The first kappa shape index (κ1) is 9.15. The summed E-state index contributed by atoms with van der Waals surface area (Å²) in [6.45, 7) is 0.445. The van der Waals surface area contributed by atoms with Crippen LogP contribution in [0.2, 0.25) is 0 Å². The van der Waals surface area contributed by atoms with Crippen molar-refractivity contribution < 1.29 is 0 Å². The first-order valence-corrected chi connectivity index (χ1v) is 4.29. The zero-order valence-corrected chi connectivity index (χ0v) is 7.83. The standard InChI is InChI=1S/C9H8N6/c10-4-8-7(2-1-3-12-8)5-15-6-9(11)13-14-15/h1-3,6H,5,11H2. The van der Waals surface area contributed by atoms with E-state index in [0.29, 0.717) is 18.1 Å². The van der Waals surface area contributed by atoms with Crippen LogP contribution in [0, 0.1) is 11.3 Å². The van der Waals surface area contributed by atoms with E-state index in [1.807, 2.05) is 12.1 Å². The summed E-state index contributed by atoms with van der Waals surface area (Å²) in [5.41, 5.74) is 6.62. The topological polar surface area (TPSA) is 93.4 Å². The molecule has 6 nitrogen and oxygen atoms in total. The Morgan fingerprint density at radius 1 is 1.53 bits per heavy atom. The second-order valence-corrected chi connectivity index (χ2v) is 2.96. The second kappa shape index (κ2) is 3.75. The Kier molecular flexibility index (Phi) is 2.29. The molecule has 2 heterocycles. The molecule has 74 valence electrons. The monoisotopic (exact) mass is 200 g/mol. The summed E-state index contributed by atoms with van der Waals surface area (Å²) in [4.78, 5) is 3.95. The van der Waals surface area contributed by atoms with Crippen molar-refractivity contribution in [2.75, 3.05) is 5.73 Å². The average molecular weight is 200 g/mol. The molecular weight excluding hydrogens is 192 g/mol. The lowest BCUT2D eigenvalue weighted by atomic mass is 10.2. The van der Waals surface area contributed by atoms with Gasteiger partial charge in [0.2, 0.25) is 0 Å². The van der Waals surface area contributed by atoms with Gasteiger partial charge in [0.05, 0.1) is 12.7 Å². The fourth-order valence-electron chi connectivity index (χ4n) is 1.23. The van der Waals surface area contributed by atoms with Gasteiger partial charge in [0, 0.05) is 11.8 Å². The maximum absolute atomic E-state index is 8.82. The van der Waals surface area contributed by atoms with Gasteiger partial charge in [-0.1, -0.05) is 11.3 Å². The highest BCUT2D eigenvalue weighted by molar-refractivity contribution is 5.31. The zero-order chi connectivity index (χ0) is 10.7. The molecule has 6 heteroatoms. The van der Waals surface area contributed by atoms with Gasteiger partial charge in [-0.15, -0.1) is 5.10 Å². The molecule has 0 saturated carbocycles. The normalized spacial score (nSPS) is 9.80. The van der Waals surface area contributed by atoms with Crippen molar-refractivity contribution in [3.05, 3.63) is 35.8 Å². The Morgan fingerprint density at radius 3 is 3.07 bits per heavy atom. The summed E-state index contributed by atoms with van der Waals surface area (Å²) in [7, 11) is 0. The number of rotatable bonds is 2. The number of nitrogens with two attached hydrogens (primary N) is 1. The van der Waals surface area contributed by atoms with Gasteiger partial charge in [-0.3, -0.25) is 0 Å². The van der Waals surface area contributed by atoms with E-state index in [0.717, 1.165) is 5.56 Å². The third-order valence-corrected chi connectivity index (χ3v) is 1.89. The van der Waals surface area contributed by atoms with Gasteiger partial charge in [-0.2, -0.15) is 5.26 Å². The third kappa shape index (κ3) is 1.91. The van der Waals surface area contributed by atoms with E-state index in [-0.39, 0.29) is 0 Å². The van der Waals surface area contributed by atoms with Crippen LogP contribution in [-0.4, -0.2) is 20.0 Å². The van der Waals surface area contributed by atoms with Crippen LogP contribution in [-0.2, 0) is 6.54 Å². The fourth-order valence-corrected chi connectivity index (χ4v) is 1.23. The van der Waals surface area contributed by atoms with E-state index in [2.05, 4.69) is 15.3 Å². The van der Waals surface area contributed by atoms with Crippen LogP contribution in [0.3, 0.4) is 0 Å². The number of pyridine rings is 1. The van der Waals surface area contributed by atoms with E-state index in [9.17, 15) is 0 Å². The van der Waals surface area contributed by atoms with E-state index in [1.165, 1.54) is 0 Å². The molecule has 2 N–H and O–H groups in total. The molecule has 0 bridgehead atoms. The van der Waals surface area contributed by atoms with Crippen molar-refractivity contribution >= 4 is 5.82 Å². The Labute approximate surface area is 86.0 Å². The molecule has 0 aromatic carbocycles. The molecule has 2 aromatic heterocycles. The minimum atomic E-state index is 0.359. The number of nitrogens with zero attached hydrogens (tertiary/aromatic N) is 5. The van der Waals surface area contributed by atoms with Crippen LogP contribution in [0.1, 0.15) is 11.3 Å². The van der Waals surface area contributed by atoms with E-state index in [1.54, 1.807) is 23.1 Å². The Morgan fingerprint density at radius 2 is 2.40 bits per heavy atom. The van der Waals surface area contributed by atoms with Crippen LogP contribution < -0.4 is 5.73 Å². The van der Waals surface area contributed by atoms with Crippen LogP contribution >= 0.6 is 0 Å². The van der Waals surface area contributed by atoms with E-state index >= 15 is 0 Å². The first-order chi connectivity index (χ1) is 7.29. The predicted octanol–water partition coefficient (Wildman–Crippen LogP) is 0.175. The predicted molar refractivity (Wildman–Crippen MR) is 52.5 cm³/mol. The number of hydrogen-bond donors (Lipinski definition) is 1. The largest absolute Gasteiger partial charge is 0.381 e. The minimum absolute atomic E-state index is 0.359. The summed E-state index contributed by atoms with van der Waals surface area (Å²) >= 11 is 0. The van der Waals surface area contributed by atoms with Crippen molar-refractivity contribution in [2.45, 2.75) is 6.54 Å². The molecule has 0 atom stereocenters. The highest BCUT2D eigenvalue weighted by Gasteiger charge is 2.04. The molecule has 0 amide bonds. The van der Waals surface area contributed by atoms with Crippen molar-refractivity contribution in [3.8, 4) is 6.07 Å². The summed E-state index contributed by atoms with van der Waals surface area (Å²) in [5.74, 6) is 0.359. The highest BCUT2D eigenvalue weighted by Crippen LogP contribution is 2.06. The Balaban J connectivity index is 2.28. The summed E-state index contributed by atoms with van der Waals surface area (Å²) < 4.78 is 1.56. The van der Waals surface area contributed by atoms with E-state index < -0.39 is 0 Å². The van der Waals surface area contributed by atoms with Crippen LogP contribution in [0.25, 0.3) is 0 Å². The number of nitriles is 1. The quantitative estimate of drug-likeness (QED) is 0.746. The second-order valence-electron chi connectivity index (χ2n) is 2.96. The fraction of sp³-hybridized carbons (Fsp3) is 0.111. The lowest BCUT2D eigenvalue weighted by molar-refractivity contribution is 0.647. The molecule has 0 radical (unpaired) electrons. The smallest absolute Gasteiger partial charge is 0.165 e. The molecular formula is C9H8N6. The van der Waals surface area contributed by atoms with Crippen LogP contribution in [0.15, 0.2) is 24.5 Å². The van der Waals surface area contributed by atoms with Gasteiger partial charge < -0.3 is 5.73 Å². The van der Waals surface area contributed by atoms with Gasteiger partial charge in [-0.25, -0.2) is 9.67 Å². The van der Waals surface area contributed by atoms with Crippen molar-refractivity contribution in [1.29, 1.82) is 5.26 Å². The average Bonchev–Trinajstić information content (AvgIpc) is 2.65. The minimum Gasteiger partial charge on any atom is -0.381 e. The van der Waals surface area contributed by atoms with E-state index in [4.69, 9.17) is 11.0 Å². The van der Waals surface area contributed by atoms with Gasteiger partial charge in [0.15, 0.2) is 5.82 Å². The molecule has 2 rings (SSSR count).